The smallest absolute Gasteiger partial charge is 0.232 e. The highest BCUT2D eigenvalue weighted by Gasteiger charge is 2.33. The number of anilines is 1. The standard InChI is InChI=1S/C11H12ClFN2O3S/c1-7-2-10(13)14-4-9(7)15-5-8(3-11(15)16)6-19(12,17)18/h2,4,8H,3,5-6H2,1H3. The lowest BCUT2D eigenvalue weighted by molar-refractivity contribution is -0.117. The molecule has 0 bridgehead atoms. The molecule has 2 heterocycles. The molecule has 19 heavy (non-hydrogen) atoms. The van der Waals surface area contributed by atoms with E-state index in [2.05, 4.69) is 4.98 Å². The summed E-state index contributed by atoms with van der Waals surface area (Å²) in [6, 6.07) is 1.23. The van der Waals surface area contributed by atoms with Crippen LogP contribution in [0.5, 0.6) is 0 Å². The number of aryl methyl sites for hydroxylation is 1. The Morgan fingerprint density at radius 2 is 2.26 bits per heavy atom. The number of halogens is 2. The van der Waals surface area contributed by atoms with Gasteiger partial charge in [-0.15, -0.1) is 0 Å². The van der Waals surface area contributed by atoms with Gasteiger partial charge >= 0.3 is 0 Å². The third-order valence-corrected chi connectivity index (χ3v) is 4.23. The fourth-order valence-electron chi connectivity index (χ4n) is 2.20. The summed E-state index contributed by atoms with van der Waals surface area (Å²) in [5.41, 5.74) is 1.08. The Kier molecular flexibility index (Phi) is 3.78. The van der Waals surface area contributed by atoms with E-state index in [1.54, 1.807) is 6.92 Å². The third-order valence-electron chi connectivity index (χ3n) is 2.98. The van der Waals surface area contributed by atoms with E-state index in [1.165, 1.54) is 17.2 Å². The van der Waals surface area contributed by atoms with Crippen molar-refractivity contribution >= 4 is 31.3 Å². The number of rotatable bonds is 3. The van der Waals surface area contributed by atoms with Crippen LogP contribution in [0.3, 0.4) is 0 Å². The molecule has 1 unspecified atom stereocenters. The van der Waals surface area contributed by atoms with E-state index >= 15 is 0 Å². The first kappa shape index (κ1) is 14.2. The van der Waals surface area contributed by atoms with Gasteiger partial charge in [0.1, 0.15) is 0 Å². The van der Waals surface area contributed by atoms with E-state index in [1.807, 2.05) is 0 Å². The number of carbonyl (C=O) groups excluding carboxylic acids is 1. The van der Waals surface area contributed by atoms with Gasteiger partial charge in [-0.3, -0.25) is 4.79 Å². The van der Waals surface area contributed by atoms with E-state index in [0.717, 1.165) is 0 Å². The van der Waals surface area contributed by atoms with Crippen molar-refractivity contribution in [1.29, 1.82) is 0 Å². The lowest BCUT2D eigenvalue weighted by atomic mass is 10.1. The zero-order chi connectivity index (χ0) is 14.2. The largest absolute Gasteiger partial charge is 0.310 e. The molecule has 0 aliphatic carbocycles. The zero-order valence-electron chi connectivity index (χ0n) is 10.1. The topological polar surface area (TPSA) is 67.3 Å². The molecule has 5 nitrogen and oxygen atoms in total. The first-order valence-corrected chi connectivity index (χ1v) is 8.09. The fraction of sp³-hybridized carbons (Fsp3) is 0.455. The molecule has 1 saturated heterocycles. The van der Waals surface area contributed by atoms with Gasteiger partial charge in [-0.25, -0.2) is 13.4 Å². The van der Waals surface area contributed by atoms with Gasteiger partial charge in [0.2, 0.25) is 20.9 Å². The SMILES string of the molecule is Cc1cc(F)ncc1N1CC(CS(=O)(=O)Cl)CC1=O. The van der Waals surface area contributed by atoms with Crippen molar-refractivity contribution < 1.29 is 17.6 Å². The minimum Gasteiger partial charge on any atom is -0.310 e. The van der Waals surface area contributed by atoms with Crippen molar-refractivity contribution in [3.8, 4) is 0 Å². The predicted octanol–water partition coefficient (Wildman–Crippen LogP) is 1.45. The van der Waals surface area contributed by atoms with Crippen LogP contribution in [0.25, 0.3) is 0 Å². The summed E-state index contributed by atoms with van der Waals surface area (Å²) in [5, 5.41) is 0. The van der Waals surface area contributed by atoms with Crippen molar-refractivity contribution in [3.63, 3.8) is 0 Å². The maximum Gasteiger partial charge on any atom is 0.232 e. The van der Waals surface area contributed by atoms with Crippen LogP contribution in [0.15, 0.2) is 12.3 Å². The van der Waals surface area contributed by atoms with Crippen LogP contribution in [-0.4, -0.2) is 31.6 Å². The molecular weight excluding hydrogens is 295 g/mol. The molecule has 1 aromatic rings. The van der Waals surface area contributed by atoms with Gasteiger partial charge in [0.05, 0.1) is 17.6 Å². The molecule has 8 heteroatoms. The van der Waals surface area contributed by atoms with Crippen LogP contribution in [0.4, 0.5) is 10.1 Å². The van der Waals surface area contributed by atoms with Crippen LogP contribution in [0, 0.1) is 18.8 Å². The maximum absolute atomic E-state index is 12.9. The second kappa shape index (κ2) is 5.05. The molecule has 2 rings (SSSR count). The van der Waals surface area contributed by atoms with Gasteiger partial charge in [-0.1, -0.05) is 0 Å². The highest BCUT2D eigenvalue weighted by molar-refractivity contribution is 8.13. The van der Waals surface area contributed by atoms with Crippen LogP contribution in [-0.2, 0) is 13.8 Å². The molecule has 1 aromatic heterocycles. The Morgan fingerprint density at radius 3 is 2.84 bits per heavy atom. The van der Waals surface area contributed by atoms with Gasteiger partial charge in [0.25, 0.3) is 0 Å². The summed E-state index contributed by atoms with van der Waals surface area (Å²) in [5.74, 6) is -1.42. The number of amides is 1. The maximum atomic E-state index is 12.9. The average Bonchev–Trinajstić information content (AvgIpc) is 2.56. The number of hydrogen-bond donors (Lipinski definition) is 0. The molecule has 1 aliphatic rings. The van der Waals surface area contributed by atoms with E-state index in [9.17, 15) is 17.6 Å². The minimum absolute atomic E-state index is 0.114. The Labute approximate surface area is 114 Å². The van der Waals surface area contributed by atoms with Gasteiger partial charge in [-0.2, -0.15) is 4.39 Å². The van der Waals surface area contributed by atoms with E-state index in [-0.39, 0.29) is 30.5 Å². The summed E-state index contributed by atoms with van der Waals surface area (Å²) >= 11 is 0. The number of pyridine rings is 1. The Balaban J connectivity index is 2.20. The Morgan fingerprint density at radius 1 is 1.58 bits per heavy atom. The molecule has 104 valence electrons. The molecule has 1 atom stereocenters. The molecule has 0 aromatic carbocycles. The molecule has 0 N–H and O–H groups in total. The van der Waals surface area contributed by atoms with E-state index < -0.39 is 15.0 Å². The van der Waals surface area contributed by atoms with E-state index in [4.69, 9.17) is 10.7 Å². The number of hydrogen-bond acceptors (Lipinski definition) is 4. The van der Waals surface area contributed by atoms with Crippen LogP contribution < -0.4 is 4.90 Å². The summed E-state index contributed by atoms with van der Waals surface area (Å²) < 4.78 is 35.0. The molecule has 1 aliphatic heterocycles. The highest BCUT2D eigenvalue weighted by atomic mass is 35.7. The van der Waals surface area contributed by atoms with Crippen LogP contribution in [0.2, 0.25) is 0 Å². The summed E-state index contributed by atoms with van der Waals surface area (Å²) in [7, 11) is 1.55. The summed E-state index contributed by atoms with van der Waals surface area (Å²) in [4.78, 5) is 16.8. The number of nitrogens with zero attached hydrogens (tertiary/aromatic N) is 2. The molecule has 1 amide bonds. The molecule has 0 spiro atoms. The second-order valence-corrected chi connectivity index (χ2v) is 7.40. The zero-order valence-corrected chi connectivity index (χ0v) is 11.7. The Hall–Kier alpha value is -1.21. The number of aromatic nitrogens is 1. The predicted molar refractivity (Wildman–Crippen MR) is 69.0 cm³/mol. The highest BCUT2D eigenvalue weighted by Crippen LogP contribution is 2.28. The third kappa shape index (κ3) is 3.42. The number of carbonyl (C=O) groups is 1. The molecular formula is C11H12ClFN2O3S. The van der Waals surface area contributed by atoms with Gasteiger partial charge < -0.3 is 4.90 Å². The van der Waals surface area contributed by atoms with Gasteiger partial charge in [0.15, 0.2) is 0 Å². The van der Waals surface area contributed by atoms with E-state index in [0.29, 0.717) is 11.3 Å². The normalized spacial score (nSPS) is 20.1. The quantitative estimate of drug-likeness (QED) is 0.626. The van der Waals surface area contributed by atoms with Crippen molar-refractivity contribution in [3.05, 3.63) is 23.8 Å². The van der Waals surface area contributed by atoms with Gasteiger partial charge in [-0.05, 0) is 18.6 Å². The minimum atomic E-state index is -3.64. The lowest BCUT2D eigenvalue weighted by Gasteiger charge is -2.18. The molecule has 0 saturated carbocycles. The van der Waals surface area contributed by atoms with Crippen molar-refractivity contribution in [2.24, 2.45) is 5.92 Å². The summed E-state index contributed by atoms with van der Waals surface area (Å²) in [6.45, 7) is 1.91. The Bertz CT molecular complexity index is 620. The second-order valence-electron chi connectivity index (χ2n) is 4.57. The monoisotopic (exact) mass is 306 g/mol. The van der Waals surface area contributed by atoms with Crippen molar-refractivity contribution in [1.82, 2.24) is 4.98 Å². The van der Waals surface area contributed by atoms with Crippen LogP contribution in [0.1, 0.15) is 12.0 Å². The van der Waals surface area contributed by atoms with Crippen LogP contribution >= 0.6 is 10.7 Å². The van der Waals surface area contributed by atoms with Gasteiger partial charge in [0, 0.05) is 29.6 Å². The van der Waals surface area contributed by atoms with Crippen molar-refractivity contribution in [2.45, 2.75) is 13.3 Å². The molecule has 0 radical (unpaired) electrons. The summed E-state index contributed by atoms with van der Waals surface area (Å²) in [6.07, 6.45) is 1.39. The first-order valence-electron chi connectivity index (χ1n) is 5.61. The average molecular weight is 307 g/mol. The lowest BCUT2D eigenvalue weighted by Crippen LogP contribution is -2.26. The first-order chi connectivity index (χ1) is 8.76. The van der Waals surface area contributed by atoms with Crippen molar-refractivity contribution in [2.75, 3.05) is 17.2 Å². The fourth-order valence-corrected chi connectivity index (χ4v) is 3.53. The molecule has 1 fully saturated rings.